The summed E-state index contributed by atoms with van der Waals surface area (Å²) in [4.78, 5) is 25.6. The quantitative estimate of drug-likeness (QED) is 0.386. The number of unbranched alkanes of at least 4 members (excludes halogenated alkanes) is 1. The molecule has 0 radical (unpaired) electrons. The smallest absolute Gasteiger partial charge is 0.311 e. The summed E-state index contributed by atoms with van der Waals surface area (Å²) in [5.74, 6) is -4.06. The van der Waals surface area contributed by atoms with Gasteiger partial charge in [0.05, 0.1) is 32.7 Å². The topological polar surface area (TPSA) is 121 Å². The van der Waals surface area contributed by atoms with Crippen LogP contribution in [-0.2, 0) is 35.0 Å². The molecule has 7 atom stereocenters. The molecular weight excluding hydrogens is 504 g/mol. The van der Waals surface area contributed by atoms with Gasteiger partial charge in [0, 0.05) is 23.7 Å². The number of aliphatic hydroxyl groups is 2. The van der Waals surface area contributed by atoms with Gasteiger partial charge in [-0.3, -0.25) is 9.59 Å². The van der Waals surface area contributed by atoms with Crippen molar-refractivity contribution in [2.75, 3.05) is 13.7 Å². The second-order valence-corrected chi connectivity index (χ2v) is 12.2. The fourth-order valence-corrected chi connectivity index (χ4v) is 6.36. The molecule has 3 saturated heterocycles. The summed E-state index contributed by atoms with van der Waals surface area (Å²) < 4.78 is 29.8. The first-order valence-corrected chi connectivity index (χ1v) is 14.1. The zero-order chi connectivity index (χ0) is 28.4. The highest BCUT2D eigenvalue weighted by Crippen LogP contribution is 2.56. The number of aliphatic hydroxyl groups excluding tert-OH is 1. The van der Waals surface area contributed by atoms with Crippen LogP contribution in [0.1, 0.15) is 78.2 Å². The highest BCUT2D eigenvalue weighted by molar-refractivity contribution is 5.73. The number of methoxy groups -OCH3 is 1. The maximum atomic E-state index is 12.9. The first kappa shape index (κ1) is 29.8. The minimum Gasteiger partial charge on any atom is -0.497 e. The summed E-state index contributed by atoms with van der Waals surface area (Å²) in [6, 6.07) is 8.04. The van der Waals surface area contributed by atoms with Gasteiger partial charge in [-0.05, 0) is 43.4 Å². The van der Waals surface area contributed by atoms with Crippen molar-refractivity contribution in [1.82, 2.24) is 0 Å². The Hall–Kier alpha value is -2.20. The fourth-order valence-electron chi connectivity index (χ4n) is 6.36. The molecule has 0 saturated carbocycles. The lowest BCUT2D eigenvalue weighted by Gasteiger charge is -2.60. The van der Waals surface area contributed by atoms with Crippen LogP contribution in [-0.4, -0.2) is 65.8 Å². The zero-order valence-electron chi connectivity index (χ0n) is 23.8. The second-order valence-electron chi connectivity index (χ2n) is 12.2. The van der Waals surface area contributed by atoms with Crippen molar-refractivity contribution in [2.45, 2.75) is 109 Å². The first-order chi connectivity index (χ1) is 18.4. The Kier molecular flexibility index (Phi) is 8.95. The molecule has 0 unspecified atom stereocenters. The van der Waals surface area contributed by atoms with Crippen LogP contribution in [0.25, 0.3) is 0 Å². The van der Waals surface area contributed by atoms with Gasteiger partial charge in [0.1, 0.15) is 18.0 Å². The molecule has 0 aromatic heterocycles. The molecule has 3 aliphatic heterocycles. The summed E-state index contributed by atoms with van der Waals surface area (Å²) in [6.07, 6.45) is 1.64. The van der Waals surface area contributed by atoms with Gasteiger partial charge in [-0.2, -0.15) is 0 Å². The lowest BCUT2D eigenvalue weighted by molar-refractivity contribution is -0.449. The summed E-state index contributed by atoms with van der Waals surface area (Å²) in [5.41, 5.74) is 0.662. The summed E-state index contributed by atoms with van der Waals surface area (Å²) in [7, 11) is 1.66. The highest BCUT2D eigenvalue weighted by Gasteiger charge is 2.64. The monoisotopic (exact) mass is 548 g/mol. The van der Waals surface area contributed by atoms with E-state index in [4.69, 9.17) is 23.7 Å². The van der Waals surface area contributed by atoms with Crippen molar-refractivity contribution in [3.8, 4) is 5.75 Å². The minimum atomic E-state index is -1.82. The van der Waals surface area contributed by atoms with Crippen LogP contribution in [0.15, 0.2) is 24.3 Å². The molecule has 218 valence electrons. The van der Waals surface area contributed by atoms with Gasteiger partial charge < -0.3 is 33.9 Å². The Labute approximate surface area is 231 Å². The number of carbonyl (C=O) groups is 2. The number of fused-ring (bicyclic) bond motifs is 2. The van der Waals surface area contributed by atoms with E-state index in [2.05, 4.69) is 6.07 Å². The number of aryl methyl sites for hydroxylation is 1. The third-order valence-corrected chi connectivity index (χ3v) is 8.86. The molecule has 3 fully saturated rings. The molecule has 4 rings (SSSR count). The van der Waals surface area contributed by atoms with E-state index in [9.17, 15) is 19.8 Å². The van der Waals surface area contributed by atoms with Crippen LogP contribution in [0.2, 0.25) is 0 Å². The third kappa shape index (κ3) is 6.42. The second kappa shape index (κ2) is 11.7. The van der Waals surface area contributed by atoms with E-state index in [1.807, 2.05) is 45.9 Å². The maximum Gasteiger partial charge on any atom is 0.311 e. The molecule has 0 amide bonds. The van der Waals surface area contributed by atoms with Gasteiger partial charge in [-0.1, -0.05) is 46.2 Å². The number of carbonyl (C=O) groups excluding carboxylic acids is 2. The molecule has 3 bridgehead atoms. The van der Waals surface area contributed by atoms with Crippen molar-refractivity contribution in [2.24, 2.45) is 17.3 Å². The molecule has 3 aliphatic rings. The summed E-state index contributed by atoms with van der Waals surface area (Å²) >= 11 is 0. The molecule has 3 heterocycles. The van der Waals surface area contributed by atoms with Gasteiger partial charge in [0.15, 0.2) is 11.6 Å². The van der Waals surface area contributed by atoms with Crippen molar-refractivity contribution in [1.29, 1.82) is 0 Å². The van der Waals surface area contributed by atoms with Crippen molar-refractivity contribution < 1.29 is 43.5 Å². The number of cyclic esters (lactones) is 1. The number of esters is 2. The van der Waals surface area contributed by atoms with Gasteiger partial charge >= 0.3 is 11.9 Å². The number of hydrogen-bond donors (Lipinski definition) is 2. The predicted octanol–water partition coefficient (Wildman–Crippen LogP) is 3.91. The molecule has 1 aromatic rings. The van der Waals surface area contributed by atoms with Gasteiger partial charge in [-0.25, -0.2) is 0 Å². The molecule has 9 nitrogen and oxygen atoms in total. The first-order valence-electron chi connectivity index (χ1n) is 14.1. The summed E-state index contributed by atoms with van der Waals surface area (Å²) in [6.45, 7) is 7.40. The van der Waals surface area contributed by atoms with Crippen LogP contribution in [0.4, 0.5) is 0 Å². The normalized spacial score (nSPS) is 36.6. The largest absolute Gasteiger partial charge is 0.497 e. The van der Waals surface area contributed by atoms with Gasteiger partial charge in [0.2, 0.25) is 0 Å². The van der Waals surface area contributed by atoms with Crippen LogP contribution < -0.4 is 4.74 Å². The van der Waals surface area contributed by atoms with E-state index in [0.29, 0.717) is 6.42 Å². The molecule has 1 aromatic carbocycles. The zero-order valence-corrected chi connectivity index (χ0v) is 23.8. The van der Waals surface area contributed by atoms with Gasteiger partial charge in [-0.15, -0.1) is 0 Å². The van der Waals surface area contributed by atoms with Crippen molar-refractivity contribution in [3.05, 3.63) is 29.8 Å². The molecular formula is C30H44O9. The lowest BCUT2D eigenvalue weighted by atomic mass is 9.66. The maximum absolute atomic E-state index is 12.9. The average Bonchev–Trinajstić information content (AvgIpc) is 2.87. The summed E-state index contributed by atoms with van der Waals surface area (Å²) in [5, 5.41) is 21.3. The Morgan fingerprint density at radius 1 is 1.08 bits per heavy atom. The van der Waals surface area contributed by atoms with Gasteiger partial charge in [0.25, 0.3) is 0 Å². The van der Waals surface area contributed by atoms with Crippen molar-refractivity contribution >= 4 is 11.9 Å². The molecule has 39 heavy (non-hydrogen) atoms. The van der Waals surface area contributed by atoms with Crippen LogP contribution in [0, 0.1) is 17.3 Å². The standard InChI is InChI=1S/C30H44O9/c1-19-15-28(3,4)30-16-25(37-26(32)14-23(18-31)36-27(33)17-29(19,34)39-30)20(2)24(38-30)12-7-6-9-21-10-8-11-22(13-21)35-5/h8,10-11,13,19-20,23-25,31,34H,6-7,9,12,14-18H2,1-5H3/t19-,20-,23-,24-,25+,29+,30+/m1/s1. The molecule has 9 heteroatoms. The predicted molar refractivity (Wildman–Crippen MR) is 142 cm³/mol. The van der Waals surface area contributed by atoms with Crippen LogP contribution in [0.3, 0.4) is 0 Å². The van der Waals surface area contributed by atoms with E-state index in [1.165, 1.54) is 5.56 Å². The number of hydrogen-bond acceptors (Lipinski definition) is 9. The Balaban J connectivity index is 1.57. The molecule has 0 aliphatic carbocycles. The molecule has 2 N–H and O–H groups in total. The highest BCUT2D eigenvalue weighted by atomic mass is 16.8. The van der Waals surface area contributed by atoms with E-state index >= 15 is 0 Å². The van der Waals surface area contributed by atoms with E-state index in [0.717, 1.165) is 31.4 Å². The minimum absolute atomic E-state index is 0.124. The lowest BCUT2D eigenvalue weighted by Crippen LogP contribution is -2.68. The average molecular weight is 549 g/mol. The van der Waals surface area contributed by atoms with Crippen molar-refractivity contribution in [3.63, 3.8) is 0 Å². The van der Waals surface area contributed by atoms with E-state index in [1.54, 1.807) is 7.11 Å². The van der Waals surface area contributed by atoms with Crippen LogP contribution >= 0.6 is 0 Å². The number of benzene rings is 1. The Morgan fingerprint density at radius 3 is 2.56 bits per heavy atom. The Bertz CT molecular complexity index is 1030. The molecule has 1 spiro atoms. The third-order valence-electron chi connectivity index (χ3n) is 8.86. The SMILES string of the molecule is COc1cccc(CCCC[C@H]2O[C@@]34C[C@H](OC(=O)C[C@H](CO)OC(=O)C[C@](O)(O3)[C@H](C)CC4(C)C)[C@@H]2C)c1. The van der Waals surface area contributed by atoms with Crippen LogP contribution in [0.5, 0.6) is 5.75 Å². The number of ether oxygens (including phenoxy) is 5. The van der Waals surface area contributed by atoms with E-state index in [-0.39, 0.29) is 30.8 Å². The number of rotatable bonds is 7. The van der Waals surface area contributed by atoms with E-state index < -0.39 is 54.2 Å². The Morgan fingerprint density at radius 2 is 1.85 bits per heavy atom. The fraction of sp³-hybridized carbons (Fsp3) is 0.733.